The first kappa shape index (κ1) is 13.7. The second-order valence-electron chi connectivity index (χ2n) is 5.56. The van der Waals surface area contributed by atoms with Crippen LogP contribution in [0.25, 0.3) is 0 Å². The maximum atomic E-state index is 11.6. The van der Waals surface area contributed by atoms with Crippen molar-refractivity contribution in [2.45, 2.75) is 33.2 Å². The van der Waals surface area contributed by atoms with Gasteiger partial charge in [0.1, 0.15) is 0 Å². The molecule has 0 saturated carbocycles. The highest BCUT2D eigenvalue weighted by Gasteiger charge is 2.16. The van der Waals surface area contributed by atoms with Crippen LogP contribution in [0.2, 0.25) is 0 Å². The van der Waals surface area contributed by atoms with Crippen LogP contribution in [0.1, 0.15) is 38.8 Å². The molecule has 0 aliphatic rings. The smallest absolute Gasteiger partial charge is 0.220 e. The monoisotopic (exact) mass is 234 g/mol. The molecule has 17 heavy (non-hydrogen) atoms. The first-order chi connectivity index (χ1) is 7.88. The largest absolute Gasteiger partial charge is 0.354 e. The van der Waals surface area contributed by atoms with Crippen LogP contribution in [0.15, 0.2) is 30.3 Å². The van der Waals surface area contributed by atoms with Crippen molar-refractivity contribution in [2.24, 2.45) is 11.1 Å². The van der Waals surface area contributed by atoms with E-state index in [1.165, 1.54) is 0 Å². The molecule has 3 nitrogen and oxygen atoms in total. The number of carbonyl (C=O) groups excluding carboxylic acids is 1. The van der Waals surface area contributed by atoms with Gasteiger partial charge in [-0.25, -0.2) is 0 Å². The average Bonchev–Trinajstić information content (AvgIpc) is 2.25. The van der Waals surface area contributed by atoms with Gasteiger partial charge in [-0.3, -0.25) is 4.79 Å². The molecule has 0 saturated heterocycles. The Morgan fingerprint density at radius 1 is 1.29 bits per heavy atom. The minimum atomic E-state index is -0.139. The summed E-state index contributed by atoms with van der Waals surface area (Å²) in [6.07, 6.45) is 0.522. The number of carbonyl (C=O) groups is 1. The van der Waals surface area contributed by atoms with Gasteiger partial charge < -0.3 is 11.1 Å². The van der Waals surface area contributed by atoms with E-state index >= 15 is 0 Å². The number of rotatable bonds is 4. The van der Waals surface area contributed by atoms with E-state index in [1.807, 2.05) is 51.1 Å². The normalized spacial score (nSPS) is 13.2. The van der Waals surface area contributed by atoms with Crippen molar-refractivity contribution in [1.82, 2.24) is 5.32 Å². The quantitative estimate of drug-likeness (QED) is 0.839. The lowest BCUT2D eigenvalue weighted by atomic mass is 9.92. The Labute approximate surface area is 103 Å². The highest BCUT2D eigenvalue weighted by atomic mass is 16.1. The van der Waals surface area contributed by atoms with E-state index in [9.17, 15) is 4.79 Å². The summed E-state index contributed by atoms with van der Waals surface area (Å²) in [5.74, 6) is 0.0591. The van der Waals surface area contributed by atoms with Crippen molar-refractivity contribution in [3.05, 3.63) is 35.9 Å². The molecule has 0 spiro atoms. The number of nitrogens with two attached hydrogens (primary N) is 1. The third kappa shape index (κ3) is 5.50. The van der Waals surface area contributed by atoms with Crippen LogP contribution in [0.5, 0.6) is 0 Å². The molecule has 1 atom stereocenters. The topological polar surface area (TPSA) is 55.1 Å². The zero-order chi connectivity index (χ0) is 12.9. The zero-order valence-corrected chi connectivity index (χ0v) is 10.9. The van der Waals surface area contributed by atoms with Gasteiger partial charge in [0, 0.05) is 19.0 Å². The summed E-state index contributed by atoms with van der Waals surface area (Å²) in [6, 6.07) is 9.66. The molecule has 1 aromatic rings. The van der Waals surface area contributed by atoms with E-state index in [1.54, 1.807) is 0 Å². The first-order valence-corrected chi connectivity index (χ1v) is 5.96. The van der Waals surface area contributed by atoms with Crippen LogP contribution in [0.4, 0.5) is 0 Å². The lowest BCUT2D eigenvalue weighted by Crippen LogP contribution is -2.33. The lowest BCUT2D eigenvalue weighted by Gasteiger charge is -2.19. The first-order valence-electron chi connectivity index (χ1n) is 5.96. The molecule has 1 aromatic carbocycles. The Morgan fingerprint density at radius 3 is 2.41 bits per heavy atom. The second-order valence-corrected chi connectivity index (χ2v) is 5.56. The molecule has 0 aromatic heterocycles. The molecular weight excluding hydrogens is 212 g/mol. The Kier molecular flexibility index (Phi) is 4.70. The van der Waals surface area contributed by atoms with E-state index in [-0.39, 0.29) is 17.4 Å². The van der Waals surface area contributed by atoms with E-state index in [4.69, 9.17) is 5.73 Å². The van der Waals surface area contributed by atoms with E-state index in [2.05, 4.69) is 5.32 Å². The molecule has 0 heterocycles. The van der Waals surface area contributed by atoms with Crippen LogP contribution >= 0.6 is 0 Å². The number of hydrogen-bond donors (Lipinski definition) is 2. The number of amides is 1. The number of benzene rings is 1. The molecular formula is C14H22N2O. The Balaban J connectivity index is 2.39. The van der Waals surface area contributed by atoms with Crippen LogP contribution in [-0.4, -0.2) is 12.5 Å². The van der Waals surface area contributed by atoms with Crippen LogP contribution in [0.3, 0.4) is 0 Å². The lowest BCUT2D eigenvalue weighted by molar-refractivity contribution is -0.122. The SMILES string of the molecule is CC(C)(C)CC(=O)NCC(N)c1ccccc1. The molecule has 1 rings (SSSR count). The average molecular weight is 234 g/mol. The fourth-order valence-corrected chi connectivity index (χ4v) is 1.59. The van der Waals surface area contributed by atoms with Crippen LogP contribution < -0.4 is 11.1 Å². The highest BCUT2D eigenvalue weighted by Crippen LogP contribution is 2.18. The van der Waals surface area contributed by atoms with Crippen molar-refractivity contribution in [3.63, 3.8) is 0 Å². The van der Waals surface area contributed by atoms with Gasteiger partial charge in [-0.1, -0.05) is 51.1 Å². The minimum Gasteiger partial charge on any atom is -0.354 e. The summed E-state index contributed by atoms with van der Waals surface area (Å²) >= 11 is 0. The van der Waals surface area contributed by atoms with Crippen LogP contribution in [-0.2, 0) is 4.79 Å². The van der Waals surface area contributed by atoms with E-state index in [0.29, 0.717) is 13.0 Å². The Morgan fingerprint density at radius 2 is 1.88 bits per heavy atom. The fourth-order valence-electron chi connectivity index (χ4n) is 1.59. The van der Waals surface area contributed by atoms with Crippen molar-refractivity contribution in [1.29, 1.82) is 0 Å². The molecule has 0 bridgehead atoms. The molecule has 3 N–H and O–H groups in total. The van der Waals surface area contributed by atoms with Gasteiger partial charge in [0.25, 0.3) is 0 Å². The minimum absolute atomic E-state index is 0.0148. The van der Waals surface area contributed by atoms with E-state index in [0.717, 1.165) is 5.56 Å². The van der Waals surface area contributed by atoms with Crippen molar-refractivity contribution < 1.29 is 4.79 Å². The fraction of sp³-hybridized carbons (Fsp3) is 0.500. The van der Waals surface area contributed by atoms with Gasteiger partial charge >= 0.3 is 0 Å². The molecule has 0 radical (unpaired) electrons. The molecule has 0 aliphatic heterocycles. The molecule has 3 heteroatoms. The predicted octanol–water partition coefficient (Wildman–Crippen LogP) is 2.24. The predicted molar refractivity (Wildman–Crippen MR) is 70.5 cm³/mol. The molecule has 0 fully saturated rings. The van der Waals surface area contributed by atoms with Gasteiger partial charge in [-0.05, 0) is 11.0 Å². The Hall–Kier alpha value is -1.35. The third-order valence-corrected chi connectivity index (χ3v) is 2.44. The summed E-state index contributed by atoms with van der Waals surface area (Å²) in [7, 11) is 0. The summed E-state index contributed by atoms with van der Waals surface area (Å²) < 4.78 is 0. The molecule has 0 aliphatic carbocycles. The third-order valence-electron chi connectivity index (χ3n) is 2.44. The van der Waals surface area contributed by atoms with Crippen LogP contribution in [0, 0.1) is 5.41 Å². The second kappa shape index (κ2) is 5.82. The van der Waals surface area contributed by atoms with Gasteiger partial charge in [-0.15, -0.1) is 0 Å². The molecule has 1 unspecified atom stereocenters. The van der Waals surface area contributed by atoms with Gasteiger partial charge in [-0.2, -0.15) is 0 Å². The van der Waals surface area contributed by atoms with Crippen molar-refractivity contribution >= 4 is 5.91 Å². The maximum absolute atomic E-state index is 11.6. The summed E-state index contributed by atoms with van der Waals surface area (Å²) in [5.41, 5.74) is 7.05. The Bertz CT molecular complexity index is 354. The number of nitrogens with one attached hydrogen (secondary N) is 1. The molecule has 1 amide bonds. The number of hydrogen-bond acceptors (Lipinski definition) is 2. The summed E-state index contributed by atoms with van der Waals surface area (Å²) in [6.45, 7) is 6.62. The molecule has 94 valence electrons. The van der Waals surface area contributed by atoms with Crippen molar-refractivity contribution in [3.8, 4) is 0 Å². The standard InChI is InChI=1S/C14H22N2O/c1-14(2,3)9-13(17)16-10-12(15)11-7-5-4-6-8-11/h4-8,12H,9-10,15H2,1-3H3,(H,16,17). The van der Waals surface area contributed by atoms with E-state index < -0.39 is 0 Å². The maximum Gasteiger partial charge on any atom is 0.220 e. The summed E-state index contributed by atoms with van der Waals surface area (Å²) in [4.78, 5) is 11.6. The van der Waals surface area contributed by atoms with Crippen molar-refractivity contribution in [2.75, 3.05) is 6.54 Å². The van der Waals surface area contributed by atoms with Gasteiger partial charge in [0.15, 0.2) is 0 Å². The highest BCUT2D eigenvalue weighted by molar-refractivity contribution is 5.76. The van der Waals surface area contributed by atoms with Gasteiger partial charge in [0.2, 0.25) is 5.91 Å². The summed E-state index contributed by atoms with van der Waals surface area (Å²) in [5, 5.41) is 2.87. The van der Waals surface area contributed by atoms with Gasteiger partial charge in [0.05, 0.1) is 0 Å². The zero-order valence-electron chi connectivity index (χ0n) is 10.9.